The van der Waals surface area contributed by atoms with Crippen molar-refractivity contribution < 1.29 is 8.78 Å². The van der Waals surface area contributed by atoms with Gasteiger partial charge in [-0.05, 0) is 42.0 Å². The molecule has 0 aliphatic carbocycles. The predicted octanol–water partition coefficient (Wildman–Crippen LogP) is 4.55. The van der Waals surface area contributed by atoms with Crippen LogP contribution in [0.2, 0.25) is 0 Å². The Morgan fingerprint density at radius 2 is 1.76 bits per heavy atom. The molecule has 1 atom stereocenters. The summed E-state index contributed by atoms with van der Waals surface area (Å²) in [6.45, 7) is 2.17. The fourth-order valence-electron chi connectivity index (χ4n) is 2.35. The van der Waals surface area contributed by atoms with E-state index in [2.05, 4.69) is 19.1 Å². The Bertz CT molecular complexity index is 578. The second-order valence-electron chi connectivity index (χ2n) is 5.39. The van der Waals surface area contributed by atoms with Crippen molar-refractivity contribution in [2.45, 2.75) is 38.6 Å². The molecular weight excluding hydrogens is 268 g/mol. The number of benzene rings is 2. The van der Waals surface area contributed by atoms with Crippen LogP contribution in [0.3, 0.4) is 0 Å². The van der Waals surface area contributed by atoms with Gasteiger partial charge in [0.2, 0.25) is 0 Å². The quantitative estimate of drug-likeness (QED) is 0.829. The first-order chi connectivity index (χ1) is 10.1. The van der Waals surface area contributed by atoms with Gasteiger partial charge in [-0.2, -0.15) is 0 Å². The first-order valence-electron chi connectivity index (χ1n) is 7.38. The third kappa shape index (κ3) is 4.36. The molecule has 0 saturated heterocycles. The molecule has 112 valence electrons. The first-order valence-corrected chi connectivity index (χ1v) is 7.38. The largest absolute Gasteiger partial charge is 0.324 e. The third-order valence-electron chi connectivity index (χ3n) is 3.68. The van der Waals surface area contributed by atoms with E-state index in [1.165, 1.54) is 30.5 Å². The molecule has 21 heavy (non-hydrogen) atoms. The first kappa shape index (κ1) is 15.6. The van der Waals surface area contributed by atoms with E-state index in [0.29, 0.717) is 12.0 Å². The zero-order valence-corrected chi connectivity index (χ0v) is 12.3. The van der Waals surface area contributed by atoms with E-state index in [4.69, 9.17) is 5.73 Å². The molecule has 2 aromatic carbocycles. The van der Waals surface area contributed by atoms with Crippen molar-refractivity contribution in [1.82, 2.24) is 0 Å². The van der Waals surface area contributed by atoms with Gasteiger partial charge in [0, 0.05) is 12.1 Å². The van der Waals surface area contributed by atoms with Gasteiger partial charge in [0.25, 0.3) is 0 Å². The van der Waals surface area contributed by atoms with Gasteiger partial charge in [-0.1, -0.05) is 43.7 Å². The Balaban J connectivity index is 2.04. The lowest BCUT2D eigenvalue weighted by atomic mass is 9.97. The van der Waals surface area contributed by atoms with E-state index in [-0.39, 0.29) is 6.04 Å². The lowest BCUT2D eigenvalue weighted by Gasteiger charge is -2.13. The average Bonchev–Trinajstić information content (AvgIpc) is 2.48. The lowest BCUT2D eigenvalue weighted by molar-refractivity contribution is 0.563. The number of hydrogen-bond donors (Lipinski definition) is 1. The lowest BCUT2D eigenvalue weighted by Crippen LogP contribution is -2.14. The molecule has 0 aliphatic heterocycles. The van der Waals surface area contributed by atoms with Crippen molar-refractivity contribution in [3.05, 3.63) is 70.8 Å². The highest BCUT2D eigenvalue weighted by molar-refractivity contribution is 5.28. The highest BCUT2D eigenvalue weighted by Crippen LogP contribution is 2.20. The monoisotopic (exact) mass is 289 g/mol. The van der Waals surface area contributed by atoms with Gasteiger partial charge in [0.1, 0.15) is 11.6 Å². The smallest absolute Gasteiger partial charge is 0.129 e. The molecule has 2 N–H and O–H groups in total. The Labute approximate surface area is 124 Å². The van der Waals surface area contributed by atoms with Crippen LogP contribution in [0.1, 0.15) is 42.5 Å². The average molecular weight is 289 g/mol. The molecule has 3 heteroatoms. The number of halogens is 2. The third-order valence-corrected chi connectivity index (χ3v) is 3.68. The predicted molar refractivity (Wildman–Crippen MR) is 82.0 cm³/mol. The van der Waals surface area contributed by atoms with Crippen LogP contribution in [0.4, 0.5) is 8.78 Å². The molecule has 1 unspecified atom stereocenters. The fraction of sp³-hybridized carbons (Fsp3) is 0.333. The van der Waals surface area contributed by atoms with Crippen LogP contribution < -0.4 is 5.73 Å². The number of nitrogens with two attached hydrogens (primary N) is 1. The molecule has 0 saturated carbocycles. The Morgan fingerprint density at radius 1 is 1.05 bits per heavy atom. The minimum Gasteiger partial charge on any atom is -0.324 e. The van der Waals surface area contributed by atoms with Crippen LogP contribution in [0.25, 0.3) is 0 Å². The Kier molecular flexibility index (Phi) is 5.45. The highest BCUT2D eigenvalue weighted by Gasteiger charge is 2.11. The zero-order chi connectivity index (χ0) is 15.2. The van der Waals surface area contributed by atoms with Gasteiger partial charge < -0.3 is 5.73 Å². The minimum atomic E-state index is -0.565. The summed E-state index contributed by atoms with van der Waals surface area (Å²) in [4.78, 5) is 0. The number of hydrogen-bond acceptors (Lipinski definition) is 1. The highest BCUT2D eigenvalue weighted by atomic mass is 19.1. The summed E-state index contributed by atoms with van der Waals surface area (Å²) in [7, 11) is 0. The van der Waals surface area contributed by atoms with E-state index in [0.717, 1.165) is 18.1 Å². The molecule has 2 aromatic rings. The van der Waals surface area contributed by atoms with Gasteiger partial charge in [-0.15, -0.1) is 0 Å². The topological polar surface area (TPSA) is 26.0 Å². The van der Waals surface area contributed by atoms with Crippen LogP contribution >= 0.6 is 0 Å². The van der Waals surface area contributed by atoms with Crippen LogP contribution in [0.15, 0.2) is 42.5 Å². The molecule has 0 spiro atoms. The molecule has 0 aliphatic rings. The Morgan fingerprint density at radius 3 is 2.38 bits per heavy atom. The summed E-state index contributed by atoms with van der Waals surface area (Å²) in [5, 5.41) is 0. The molecule has 2 rings (SSSR count). The van der Waals surface area contributed by atoms with Gasteiger partial charge >= 0.3 is 0 Å². The zero-order valence-electron chi connectivity index (χ0n) is 12.3. The summed E-state index contributed by atoms with van der Waals surface area (Å²) >= 11 is 0. The van der Waals surface area contributed by atoms with Crippen LogP contribution in [-0.2, 0) is 12.8 Å². The summed E-state index contributed by atoms with van der Waals surface area (Å²) in [5.41, 5.74) is 8.83. The maximum absolute atomic E-state index is 13.6. The fourth-order valence-corrected chi connectivity index (χ4v) is 2.35. The van der Waals surface area contributed by atoms with Crippen molar-refractivity contribution in [3.8, 4) is 0 Å². The van der Waals surface area contributed by atoms with Gasteiger partial charge in [-0.3, -0.25) is 0 Å². The molecule has 1 nitrogen and oxygen atoms in total. The van der Waals surface area contributed by atoms with Gasteiger partial charge in [0.05, 0.1) is 0 Å². The van der Waals surface area contributed by atoms with Crippen molar-refractivity contribution >= 4 is 0 Å². The maximum atomic E-state index is 13.6. The molecule has 0 radical (unpaired) electrons. The SMILES string of the molecule is CCCCc1ccc(C(N)Cc2ccc(F)cc2F)cc1. The van der Waals surface area contributed by atoms with Crippen molar-refractivity contribution in [1.29, 1.82) is 0 Å². The number of unbranched alkanes of at least 4 members (excludes halogenated alkanes) is 1. The maximum Gasteiger partial charge on any atom is 0.129 e. The van der Waals surface area contributed by atoms with Crippen LogP contribution in [-0.4, -0.2) is 0 Å². The summed E-state index contributed by atoms with van der Waals surface area (Å²) < 4.78 is 26.5. The van der Waals surface area contributed by atoms with Crippen molar-refractivity contribution in [2.24, 2.45) is 5.73 Å². The summed E-state index contributed by atoms with van der Waals surface area (Å²) in [5.74, 6) is -1.10. The molecule has 0 bridgehead atoms. The van der Waals surface area contributed by atoms with Gasteiger partial charge in [0.15, 0.2) is 0 Å². The van der Waals surface area contributed by atoms with E-state index >= 15 is 0 Å². The summed E-state index contributed by atoms with van der Waals surface area (Å²) in [6, 6.07) is 11.5. The molecule has 0 fully saturated rings. The Hall–Kier alpha value is -1.74. The summed E-state index contributed by atoms with van der Waals surface area (Å²) in [6.07, 6.45) is 3.77. The minimum absolute atomic E-state index is 0.287. The molecule has 0 aromatic heterocycles. The number of aryl methyl sites for hydroxylation is 1. The second kappa shape index (κ2) is 7.32. The van der Waals surface area contributed by atoms with E-state index < -0.39 is 11.6 Å². The number of rotatable bonds is 6. The van der Waals surface area contributed by atoms with E-state index in [1.54, 1.807) is 0 Å². The van der Waals surface area contributed by atoms with E-state index in [1.807, 2.05) is 12.1 Å². The van der Waals surface area contributed by atoms with Crippen LogP contribution in [0.5, 0.6) is 0 Å². The van der Waals surface area contributed by atoms with Crippen molar-refractivity contribution in [2.75, 3.05) is 0 Å². The van der Waals surface area contributed by atoms with Crippen molar-refractivity contribution in [3.63, 3.8) is 0 Å². The van der Waals surface area contributed by atoms with Crippen LogP contribution in [0, 0.1) is 11.6 Å². The molecule has 0 amide bonds. The molecule has 0 heterocycles. The van der Waals surface area contributed by atoms with Gasteiger partial charge in [-0.25, -0.2) is 8.78 Å². The molecular formula is C18H21F2N. The standard InChI is InChI=1S/C18H21F2N/c1-2-3-4-13-5-7-14(8-6-13)18(21)11-15-9-10-16(19)12-17(15)20/h5-10,12,18H,2-4,11,21H2,1H3. The van der Waals surface area contributed by atoms with E-state index in [9.17, 15) is 8.78 Å². The normalized spacial score (nSPS) is 12.4. The second-order valence-corrected chi connectivity index (χ2v) is 5.39.